The molecule has 1 atom stereocenters. The Labute approximate surface area is 210 Å². The molecule has 0 spiro atoms. The van der Waals surface area contributed by atoms with Crippen molar-refractivity contribution in [1.82, 2.24) is 5.32 Å². The number of nitrogens with zero attached hydrogens (tertiary/aromatic N) is 1. The molecule has 0 aromatic heterocycles. The van der Waals surface area contributed by atoms with Gasteiger partial charge in [0.15, 0.2) is 9.84 Å². The largest absolute Gasteiger partial charge is 0.494 e. The van der Waals surface area contributed by atoms with Crippen LogP contribution in [0.25, 0.3) is 0 Å². The van der Waals surface area contributed by atoms with Gasteiger partial charge in [-0.05, 0) is 80.1 Å². The first-order chi connectivity index (χ1) is 16.9. The van der Waals surface area contributed by atoms with Gasteiger partial charge in [-0.3, -0.25) is 9.10 Å². The van der Waals surface area contributed by atoms with E-state index in [0.29, 0.717) is 17.9 Å². The number of sulfone groups is 1. The zero-order chi connectivity index (χ0) is 26.5. The first-order valence-corrected chi connectivity index (χ1v) is 14.4. The predicted molar refractivity (Wildman–Crippen MR) is 135 cm³/mol. The molecule has 11 heteroatoms. The summed E-state index contributed by atoms with van der Waals surface area (Å²) < 4.78 is 70.0. The summed E-state index contributed by atoms with van der Waals surface area (Å²) in [5.74, 6) is -0.653. The van der Waals surface area contributed by atoms with Crippen LogP contribution in [0.5, 0.6) is 5.75 Å². The summed E-state index contributed by atoms with van der Waals surface area (Å²) in [6, 6.07) is 16.1. The van der Waals surface area contributed by atoms with Crippen molar-refractivity contribution in [3.05, 3.63) is 84.2 Å². The summed E-state index contributed by atoms with van der Waals surface area (Å²) in [7, 11) is -7.55. The molecule has 0 bridgehead atoms. The van der Waals surface area contributed by atoms with E-state index in [2.05, 4.69) is 5.32 Å². The number of sulfonamides is 1. The van der Waals surface area contributed by atoms with Crippen LogP contribution in [0.2, 0.25) is 0 Å². The number of rotatable bonds is 10. The third-order valence-electron chi connectivity index (χ3n) is 5.31. The highest BCUT2D eigenvalue weighted by Gasteiger charge is 2.28. The lowest BCUT2D eigenvalue weighted by Gasteiger charge is -2.25. The fraction of sp³-hybridized carbons (Fsp3) is 0.240. The van der Waals surface area contributed by atoms with Crippen molar-refractivity contribution in [3.8, 4) is 5.75 Å². The van der Waals surface area contributed by atoms with Crippen molar-refractivity contribution in [2.45, 2.75) is 29.7 Å². The van der Waals surface area contributed by atoms with Crippen LogP contribution in [-0.4, -0.2) is 42.2 Å². The fourth-order valence-electron chi connectivity index (χ4n) is 3.43. The first-order valence-electron chi connectivity index (χ1n) is 11.0. The number of nitrogens with one attached hydrogen (secondary N) is 1. The van der Waals surface area contributed by atoms with Crippen molar-refractivity contribution >= 4 is 31.5 Å². The van der Waals surface area contributed by atoms with Crippen LogP contribution in [0.3, 0.4) is 0 Å². The molecule has 192 valence electrons. The summed E-state index contributed by atoms with van der Waals surface area (Å²) in [5, 5.41) is 2.73. The van der Waals surface area contributed by atoms with Crippen molar-refractivity contribution < 1.29 is 30.8 Å². The lowest BCUT2D eigenvalue weighted by atomic mass is 10.1. The maximum Gasteiger partial charge on any atom is 0.264 e. The molecule has 36 heavy (non-hydrogen) atoms. The Morgan fingerprint density at radius 3 is 2.00 bits per heavy atom. The Bertz CT molecular complexity index is 1410. The third kappa shape index (κ3) is 6.61. The SMILES string of the molecule is CCOc1ccc(S(=O)(=O)N(CC(=O)NC(C)c2ccc(S(C)(=O)=O)cc2)c2ccc(F)cc2)cc1. The summed E-state index contributed by atoms with van der Waals surface area (Å²) in [4.78, 5) is 13.0. The maximum absolute atomic E-state index is 13.5. The van der Waals surface area contributed by atoms with Gasteiger partial charge in [-0.2, -0.15) is 0 Å². The second kappa shape index (κ2) is 11.1. The van der Waals surface area contributed by atoms with E-state index < -0.39 is 44.2 Å². The number of anilines is 1. The Morgan fingerprint density at radius 2 is 1.47 bits per heavy atom. The molecule has 8 nitrogen and oxygen atoms in total. The van der Waals surface area contributed by atoms with Gasteiger partial charge in [0.05, 0.1) is 28.1 Å². The van der Waals surface area contributed by atoms with E-state index in [4.69, 9.17) is 4.74 Å². The average Bonchev–Trinajstić information content (AvgIpc) is 2.83. The van der Waals surface area contributed by atoms with Gasteiger partial charge in [-0.25, -0.2) is 21.2 Å². The molecule has 0 saturated carbocycles. The Balaban J connectivity index is 1.85. The minimum atomic E-state index is -4.19. The van der Waals surface area contributed by atoms with Crippen LogP contribution in [-0.2, 0) is 24.7 Å². The van der Waals surface area contributed by atoms with E-state index >= 15 is 0 Å². The van der Waals surface area contributed by atoms with Crippen molar-refractivity contribution in [2.24, 2.45) is 0 Å². The smallest absolute Gasteiger partial charge is 0.264 e. The first kappa shape index (κ1) is 27.2. The van der Waals surface area contributed by atoms with Crippen LogP contribution in [0, 0.1) is 5.82 Å². The van der Waals surface area contributed by atoms with E-state index in [1.165, 1.54) is 48.5 Å². The number of amides is 1. The van der Waals surface area contributed by atoms with Crippen LogP contribution < -0.4 is 14.4 Å². The van der Waals surface area contributed by atoms with Crippen molar-refractivity contribution in [2.75, 3.05) is 23.7 Å². The van der Waals surface area contributed by atoms with E-state index in [1.54, 1.807) is 26.0 Å². The fourth-order valence-corrected chi connectivity index (χ4v) is 5.48. The molecule has 0 aliphatic rings. The molecular formula is C25H27FN2O6S2. The summed E-state index contributed by atoms with van der Waals surface area (Å²) in [6.45, 7) is 3.35. The molecule has 0 saturated heterocycles. The number of ether oxygens (including phenoxy) is 1. The van der Waals surface area contributed by atoms with E-state index in [0.717, 1.165) is 22.7 Å². The number of benzene rings is 3. The number of hydrogen-bond donors (Lipinski definition) is 1. The zero-order valence-electron chi connectivity index (χ0n) is 20.0. The minimum Gasteiger partial charge on any atom is -0.494 e. The quantitative estimate of drug-likeness (QED) is 0.425. The van der Waals surface area contributed by atoms with Gasteiger partial charge in [-0.1, -0.05) is 12.1 Å². The Hall–Kier alpha value is -3.44. The molecule has 3 aromatic rings. The molecule has 1 amide bonds. The van der Waals surface area contributed by atoms with Gasteiger partial charge in [0.25, 0.3) is 10.0 Å². The number of carbonyl (C=O) groups is 1. The second-order valence-electron chi connectivity index (χ2n) is 8.02. The van der Waals surface area contributed by atoms with Gasteiger partial charge in [-0.15, -0.1) is 0 Å². The highest BCUT2D eigenvalue weighted by molar-refractivity contribution is 7.93. The van der Waals surface area contributed by atoms with Gasteiger partial charge in [0, 0.05) is 6.26 Å². The van der Waals surface area contributed by atoms with Crippen LogP contribution in [0.1, 0.15) is 25.5 Å². The normalized spacial score (nSPS) is 12.6. The number of hydrogen-bond acceptors (Lipinski definition) is 6. The third-order valence-corrected chi connectivity index (χ3v) is 8.23. The van der Waals surface area contributed by atoms with Gasteiger partial charge < -0.3 is 10.1 Å². The molecule has 1 unspecified atom stereocenters. The summed E-state index contributed by atoms with van der Waals surface area (Å²) >= 11 is 0. The average molecular weight is 535 g/mol. The number of carbonyl (C=O) groups excluding carboxylic acids is 1. The van der Waals surface area contributed by atoms with Crippen LogP contribution >= 0.6 is 0 Å². The van der Waals surface area contributed by atoms with E-state index in [9.17, 15) is 26.0 Å². The van der Waals surface area contributed by atoms with Crippen LogP contribution in [0.4, 0.5) is 10.1 Å². The molecule has 3 aromatic carbocycles. The van der Waals surface area contributed by atoms with Crippen LogP contribution in [0.15, 0.2) is 82.6 Å². The number of halogens is 1. The van der Waals surface area contributed by atoms with Crippen molar-refractivity contribution in [3.63, 3.8) is 0 Å². The Kier molecular flexibility index (Phi) is 8.36. The summed E-state index contributed by atoms with van der Waals surface area (Å²) in [5.41, 5.74) is 0.754. The van der Waals surface area contributed by atoms with Gasteiger partial charge in [0.1, 0.15) is 18.1 Å². The molecule has 3 rings (SSSR count). The zero-order valence-corrected chi connectivity index (χ0v) is 21.6. The minimum absolute atomic E-state index is 0.0625. The van der Waals surface area contributed by atoms with E-state index in [-0.39, 0.29) is 15.5 Å². The Morgan fingerprint density at radius 1 is 0.917 bits per heavy atom. The molecule has 0 aliphatic carbocycles. The molecule has 0 fully saturated rings. The molecule has 0 heterocycles. The molecule has 0 radical (unpaired) electrons. The molecular weight excluding hydrogens is 507 g/mol. The lowest BCUT2D eigenvalue weighted by molar-refractivity contribution is -0.120. The van der Waals surface area contributed by atoms with E-state index in [1.807, 2.05) is 0 Å². The standard InChI is InChI=1S/C25H27FN2O6S2/c1-4-34-22-11-15-24(16-12-22)36(32,33)28(21-9-7-20(26)8-10-21)17-25(29)27-18(2)19-5-13-23(14-6-19)35(3,30)31/h5-16,18H,4,17H2,1-3H3,(H,27,29). The summed E-state index contributed by atoms with van der Waals surface area (Å²) in [6.07, 6.45) is 1.10. The monoisotopic (exact) mass is 534 g/mol. The highest BCUT2D eigenvalue weighted by atomic mass is 32.2. The highest BCUT2D eigenvalue weighted by Crippen LogP contribution is 2.26. The maximum atomic E-state index is 13.5. The van der Waals surface area contributed by atoms with Gasteiger partial charge in [0.2, 0.25) is 5.91 Å². The topological polar surface area (TPSA) is 110 Å². The lowest BCUT2D eigenvalue weighted by Crippen LogP contribution is -2.41. The van der Waals surface area contributed by atoms with Crippen molar-refractivity contribution in [1.29, 1.82) is 0 Å². The molecule has 0 aliphatic heterocycles. The second-order valence-corrected chi connectivity index (χ2v) is 11.9. The van der Waals surface area contributed by atoms with Gasteiger partial charge >= 0.3 is 0 Å². The predicted octanol–water partition coefficient (Wildman–Crippen LogP) is 3.70. The molecule has 1 N–H and O–H groups in total.